The first kappa shape index (κ1) is 21.5. The molecule has 0 spiro atoms. The fourth-order valence-corrected chi connectivity index (χ4v) is 3.96. The summed E-state index contributed by atoms with van der Waals surface area (Å²) in [5, 5.41) is 22.9. The molecule has 9 nitrogen and oxygen atoms in total. The van der Waals surface area contributed by atoms with Crippen LogP contribution >= 0.6 is 23.4 Å². The van der Waals surface area contributed by atoms with E-state index in [4.69, 9.17) is 16.3 Å². The summed E-state index contributed by atoms with van der Waals surface area (Å²) in [6.45, 7) is 5.50. The molecular weight excluding hydrogens is 418 g/mol. The highest BCUT2D eigenvalue weighted by atomic mass is 35.5. The molecule has 0 radical (unpaired) electrons. The van der Waals surface area contributed by atoms with Crippen molar-refractivity contribution in [2.24, 2.45) is 0 Å². The van der Waals surface area contributed by atoms with Crippen LogP contribution in [-0.2, 0) is 16.1 Å². The molecule has 0 aliphatic carbocycles. The van der Waals surface area contributed by atoms with Crippen LogP contribution in [0.15, 0.2) is 23.4 Å². The Hall–Kier alpha value is -2.17. The maximum absolute atomic E-state index is 12.4. The molecule has 1 aliphatic rings. The first-order valence-electron chi connectivity index (χ1n) is 9.26. The van der Waals surface area contributed by atoms with E-state index in [0.29, 0.717) is 11.7 Å². The van der Waals surface area contributed by atoms with Crippen molar-refractivity contribution in [2.45, 2.75) is 50.4 Å². The Bertz CT molecular complexity index is 898. The second kappa shape index (κ2) is 9.55. The predicted molar refractivity (Wildman–Crippen MR) is 111 cm³/mol. The number of nitro benzene ring substituents is 1. The lowest BCUT2D eigenvalue weighted by molar-refractivity contribution is -0.384. The monoisotopic (exact) mass is 439 g/mol. The smallest absolute Gasteiger partial charge is 0.271 e. The number of halogens is 1. The lowest BCUT2D eigenvalue weighted by Crippen LogP contribution is -2.19. The summed E-state index contributed by atoms with van der Waals surface area (Å²) in [5.41, 5.74) is 0.0605. The third-order valence-corrected chi connectivity index (χ3v) is 5.74. The number of aromatic nitrogens is 3. The number of thioether (sulfide) groups is 1. The van der Waals surface area contributed by atoms with Crippen molar-refractivity contribution in [3.63, 3.8) is 0 Å². The maximum atomic E-state index is 12.4. The average Bonchev–Trinajstić information content (AvgIpc) is 3.32. The topological polar surface area (TPSA) is 112 Å². The van der Waals surface area contributed by atoms with Crippen molar-refractivity contribution in [1.82, 2.24) is 14.8 Å². The number of anilines is 1. The second-order valence-electron chi connectivity index (χ2n) is 7.00. The van der Waals surface area contributed by atoms with Gasteiger partial charge in [0.25, 0.3) is 5.69 Å². The second-order valence-corrected chi connectivity index (χ2v) is 8.35. The van der Waals surface area contributed by atoms with Crippen LogP contribution in [-0.4, -0.2) is 44.1 Å². The number of carbonyl (C=O) groups is 1. The van der Waals surface area contributed by atoms with Crippen molar-refractivity contribution in [1.29, 1.82) is 0 Å². The lowest BCUT2D eigenvalue weighted by atomic mass is 10.2. The van der Waals surface area contributed by atoms with E-state index in [0.717, 1.165) is 25.3 Å². The molecule has 1 amide bonds. The first-order valence-corrected chi connectivity index (χ1v) is 10.6. The van der Waals surface area contributed by atoms with Gasteiger partial charge in [-0.05, 0) is 18.9 Å². The van der Waals surface area contributed by atoms with E-state index < -0.39 is 4.92 Å². The molecule has 2 heterocycles. The molecule has 0 saturated carbocycles. The van der Waals surface area contributed by atoms with Gasteiger partial charge in [-0.25, -0.2) is 0 Å². The number of non-ortho nitro benzene ring substituents is 1. The quantitative estimate of drug-likeness (QED) is 0.377. The van der Waals surface area contributed by atoms with Gasteiger partial charge in [-0.3, -0.25) is 14.9 Å². The van der Waals surface area contributed by atoms with Crippen molar-refractivity contribution < 1.29 is 14.5 Å². The van der Waals surface area contributed by atoms with Crippen molar-refractivity contribution in [2.75, 3.05) is 17.7 Å². The summed E-state index contributed by atoms with van der Waals surface area (Å²) in [6.07, 6.45) is 2.16. The number of hydrogen-bond donors (Lipinski definition) is 1. The van der Waals surface area contributed by atoms with E-state index in [1.165, 1.54) is 30.0 Å². The molecule has 1 aromatic carbocycles. The van der Waals surface area contributed by atoms with Gasteiger partial charge in [0.2, 0.25) is 5.91 Å². The van der Waals surface area contributed by atoms with E-state index in [9.17, 15) is 14.9 Å². The number of rotatable bonds is 8. The summed E-state index contributed by atoms with van der Waals surface area (Å²) in [6, 6.07) is 3.91. The molecule has 1 unspecified atom stereocenters. The first-order chi connectivity index (χ1) is 13.8. The molecule has 1 aromatic heterocycles. The summed E-state index contributed by atoms with van der Waals surface area (Å²) >= 11 is 7.29. The highest BCUT2D eigenvalue weighted by molar-refractivity contribution is 7.99. The third-order valence-electron chi connectivity index (χ3n) is 4.44. The minimum absolute atomic E-state index is 0.0702. The van der Waals surface area contributed by atoms with Crippen molar-refractivity contribution in [3.8, 4) is 0 Å². The van der Waals surface area contributed by atoms with Crippen LogP contribution in [0.4, 0.5) is 11.4 Å². The van der Waals surface area contributed by atoms with Gasteiger partial charge in [0, 0.05) is 24.7 Å². The minimum Gasteiger partial charge on any atom is -0.376 e. The summed E-state index contributed by atoms with van der Waals surface area (Å²) in [7, 11) is 0. The standard InChI is InChI=1S/C18H22ClN5O4S/c1-11(2)17-21-22-18(23(17)9-13-4-3-7-28-13)29-10-16(25)20-15-8-12(24(26)27)5-6-14(15)19/h5-6,8,11,13H,3-4,7,9-10H2,1-2H3,(H,20,25). The van der Waals surface area contributed by atoms with Crippen LogP contribution in [0.2, 0.25) is 5.02 Å². The summed E-state index contributed by atoms with van der Waals surface area (Å²) in [4.78, 5) is 22.7. The Labute approximate surface area is 177 Å². The van der Waals surface area contributed by atoms with Gasteiger partial charge < -0.3 is 14.6 Å². The third kappa shape index (κ3) is 5.46. The Morgan fingerprint density at radius 2 is 2.28 bits per heavy atom. The van der Waals surface area contributed by atoms with Crippen LogP contribution in [0.5, 0.6) is 0 Å². The molecular formula is C18H22ClN5O4S. The van der Waals surface area contributed by atoms with Crippen LogP contribution in [0.25, 0.3) is 0 Å². The average molecular weight is 440 g/mol. The van der Waals surface area contributed by atoms with Crippen LogP contribution in [0, 0.1) is 10.1 Å². The largest absolute Gasteiger partial charge is 0.376 e. The Kier molecular flexibility index (Phi) is 7.09. The molecule has 1 aliphatic heterocycles. The van der Waals surface area contributed by atoms with Gasteiger partial charge >= 0.3 is 0 Å². The number of ether oxygens (including phenoxy) is 1. The lowest BCUT2D eigenvalue weighted by Gasteiger charge is -2.16. The zero-order chi connectivity index (χ0) is 21.0. The highest BCUT2D eigenvalue weighted by Crippen LogP contribution is 2.28. The number of nitrogens with zero attached hydrogens (tertiary/aromatic N) is 4. The van der Waals surface area contributed by atoms with Gasteiger partial charge in [0.15, 0.2) is 5.16 Å². The van der Waals surface area contributed by atoms with Gasteiger partial charge in [0.1, 0.15) is 5.82 Å². The molecule has 29 heavy (non-hydrogen) atoms. The zero-order valence-electron chi connectivity index (χ0n) is 16.1. The molecule has 11 heteroatoms. The van der Waals surface area contributed by atoms with E-state index in [2.05, 4.69) is 15.5 Å². The Balaban J connectivity index is 1.67. The molecule has 1 N–H and O–H groups in total. The van der Waals surface area contributed by atoms with Gasteiger partial charge in [0.05, 0.1) is 34.0 Å². The molecule has 0 bridgehead atoms. The van der Waals surface area contributed by atoms with E-state index in [-0.39, 0.29) is 40.1 Å². The van der Waals surface area contributed by atoms with E-state index in [1.807, 2.05) is 18.4 Å². The normalized spacial score (nSPS) is 16.3. The van der Waals surface area contributed by atoms with Crippen molar-refractivity contribution >= 4 is 40.6 Å². The predicted octanol–water partition coefficient (Wildman–Crippen LogP) is 3.87. The van der Waals surface area contributed by atoms with Gasteiger partial charge in [-0.2, -0.15) is 0 Å². The molecule has 1 atom stereocenters. The minimum atomic E-state index is -0.540. The molecule has 156 valence electrons. The van der Waals surface area contributed by atoms with Crippen LogP contribution in [0.3, 0.4) is 0 Å². The molecule has 1 fully saturated rings. The fourth-order valence-electron chi connectivity index (χ4n) is 3.04. The highest BCUT2D eigenvalue weighted by Gasteiger charge is 2.23. The van der Waals surface area contributed by atoms with Crippen LogP contribution < -0.4 is 5.32 Å². The summed E-state index contributed by atoms with van der Waals surface area (Å²) < 4.78 is 7.74. The molecule has 2 aromatic rings. The Morgan fingerprint density at radius 1 is 1.48 bits per heavy atom. The van der Waals surface area contributed by atoms with Crippen LogP contribution in [0.1, 0.15) is 38.4 Å². The number of amides is 1. The maximum Gasteiger partial charge on any atom is 0.271 e. The van der Waals surface area contributed by atoms with Crippen molar-refractivity contribution in [3.05, 3.63) is 39.2 Å². The van der Waals surface area contributed by atoms with E-state index >= 15 is 0 Å². The number of benzene rings is 1. The molecule has 1 saturated heterocycles. The number of carbonyl (C=O) groups excluding carboxylic acids is 1. The SMILES string of the molecule is CC(C)c1nnc(SCC(=O)Nc2cc([N+](=O)[O-])ccc2Cl)n1CC1CCCO1. The Morgan fingerprint density at radius 3 is 2.93 bits per heavy atom. The van der Waals surface area contributed by atoms with Gasteiger partial charge in [-0.1, -0.05) is 37.2 Å². The number of nitro groups is 1. The zero-order valence-corrected chi connectivity index (χ0v) is 17.7. The number of hydrogen-bond acceptors (Lipinski definition) is 7. The molecule has 3 rings (SSSR count). The number of nitrogens with one attached hydrogen (secondary N) is 1. The van der Waals surface area contributed by atoms with Gasteiger partial charge in [-0.15, -0.1) is 10.2 Å². The fraction of sp³-hybridized carbons (Fsp3) is 0.500. The van der Waals surface area contributed by atoms with E-state index in [1.54, 1.807) is 0 Å². The summed E-state index contributed by atoms with van der Waals surface area (Å²) in [5.74, 6) is 0.775.